The summed E-state index contributed by atoms with van der Waals surface area (Å²) >= 11 is 0. The molecule has 92 valence electrons. The van der Waals surface area contributed by atoms with E-state index in [4.69, 9.17) is 4.74 Å². The van der Waals surface area contributed by atoms with Gasteiger partial charge in [0.1, 0.15) is 0 Å². The molecule has 1 unspecified atom stereocenters. The van der Waals surface area contributed by atoms with Crippen LogP contribution in [0.4, 0.5) is 0 Å². The summed E-state index contributed by atoms with van der Waals surface area (Å²) in [4.78, 5) is 24.7. The summed E-state index contributed by atoms with van der Waals surface area (Å²) in [6.07, 6.45) is 2.40. The highest BCUT2D eigenvalue weighted by Gasteiger charge is 2.28. The molecule has 0 saturated carbocycles. The topological polar surface area (TPSA) is 58.6 Å². The Kier molecular flexibility index (Phi) is 5.25. The molecule has 0 aromatic heterocycles. The number of amides is 1. The van der Waals surface area contributed by atoms with E-state index in [1.54, 1.807) is 14.0 Å². The lowest BCUT2D eigenvalue weighted by molar-refractivity contribution is -0.144. The lowest BCUT2D eigenvalue weighted by atomic mass is 10.1. The van der Waals surface area contributed by atoms with Crippen molar-refractivity contribution in [2.24, 2.45) is 0 Å². The molecule has 0 spiro atoms. The van der Waals surface area contributed by atoms with E-state index < -0.39 is 0 Å². The molecular formula is C11H20N2O3. The van der Waals surface area contributed by atoms with Crippen LogP contribution < -0.4 is 5.32 Å². The van der Waals surface area contributed by atoms with E-state index in [2.05, 4.69) is 10.2 Å². The highest BCUT2D eigenvalue weighted by atomic mass is 16.5. The Morgan fingerprint density at radius 1 is 1.50 bits per heavy atom. The number of esters is 1. The third-order valence-corrected chi connectivity index (χ3v) is 2.83. The first kappa shape index (κ1) is 13.0. The molecule has 1 heterocycles. The van der Waals surface area contributed by atoms with Crippen molar-refractivity contribution < 1.29 is 14.3 Å². The first-order chi connectivity index (χ1) is 7.67. The third-order valence-electron chi connectivity index (χ3n) is 2.83. The van der Waals surface area contributed by atoms with Gasteiger partial charge in [0, 0.05) is 13.1 Å². The van der Waals surface area contributed by atoms with Crippen LogP contribution in [0, 0.1) is 0 Å². The number of carbonyl (C=O) groups excluding carboxylic acids is 2. The average molecular weight is 228 g/mol. The second-order valence-electron chi connectivity index (χ2n) is 3.95. The van der Waals surface area contributed by atoms with Crippen molar-refractivity contribution in [1.82, 2.24) is 10.2 Å². The Morgan fingerprint density at radius 3 is 2.88 bits per heavy atom. The van der Waals surface area contributed by atoms with Gasteiger partial charge in [0.25, 0.3) is 0 Å². The van der Waals surface area contributed by atoms with Gasteiger partial charge < -0.3 is 10.1 Å². The molecule has 0 aliphatic carbocycles. The zero-order valence-corrected chi connectivity index (χ0v) is 9.99. The van der Waals surface area contributed by atoms with Crippen LogP contribution in [0.25, 0.3) is 0 Å². The van der Waals surface area contributed by atoms with Crippen LogP contribution in [-0.4, -0.2) is 49.6 Å². The number of nitrogens with zero attached hydrogens (tertiary/aromatic N) is 1. The predicted molar refractivity (Wildman–Crippen MR) is 59.9 cm³/mol. The summed E-state index contributed by atoms with van der Waals surface area (Å²) in [6, 6.07) is 0.163. The first-order valence-corrected chi connectivity index (χ1v) is 5.77. The van der Waals surface area contributed by atoms with Gasteiger partial charge in [-0.3, -0.25) is 14.5 Å². The Morgan fingerprint density at radius 2 is 2.25 bits per heavy atom. The summed E-state index contributed by atoms with van der Waals surface area (Å²) in [5.74, 6) is -0.174. The Labute approximate surface area is 96.1 Å². The molecule has 0 aromatic carbocycles. The van der Waals surface area contributed by atoms with Crippen LogP contribution in [0.15, 0.2) is 0 Å². The molecule has 1 rings (SSSR count). The molecule has 0 bridgehead atoms. The molecule has 5 heteroatoms. The first-order valence-electron chi connectivity index (χ1n) is 5.77. The van der Waals surface area contributed by atoms with E-state index in [0.29, 0.717) is 19.6 Å². The normalized spacial score (nSPS) is 20.8. The summed E-state index contributed by atoms with van der Waals surface area (Å²) < 4.78 is 4.92. The maximum absolute atomic E-state index is 11.4. The van der Waals surface area contributed by atoms with Crippen LogP contribution in [0.5, 0.6) is 0 Å². The molecule has 1 amide bonds. The molecule has 1 atom stereocenters. The lowest BCUT2D eigenvalue weighted by Crippen LogP contribution is -2.39. The fourth-order valence-electron chi connectivity index (χ4n) is 2.01. The number of rotatable bonds is 5. The van der Waals surface area contributed by atoms with E-state index in [1.807, 2.05) is 0 Å². The van der Waals surface area contributed by atoms with Crippen molar-refractivity contribution in [3.05, 3.63) is 0 Å². The van der Waals surface area contributed by atoms with Gasteiger partial charge in [-0.15, -0.1) is 0 Å². The Bertz CT molecular complexity index is 256. The molecule has 0 radical (unpaired) electrons. The zero-order chi connectivity index (χ0) is 12.0. The molecule has 16 heavy (non-hydrogen) atoms. The third kappa shape index (κ3) is 3.81. The minimum absolute atomic E-state index is 0.00393. The van der Waals surface area contributed by atoms with Crippen molar-refractivity contribution in [1.29, 1.82) is 0 Å². The second-order valence-corrected chi connectivity index (χ2v) is 3.95. The number of hydrogen-bond acceptors (Lipinski definition) is 4. The van der Waals surface area contributed by atoms with Gasteiger partial charge in [-0.1, -0.05) is 0 Å². The largest absolute Gasteiger partial charge is 0.466 e. The maximum atomic E-state index is 11.4. The number of likely N-dealkylation sites (N-methyl/N-ethyl adjacent to an activating group) is 1. The van der Waals surface area contributed by atoms with Crippen molar-refractivity contribution in [2.75, 3.05) is 26.7 Å². The van der Waals surface area contributed by atoms with Crippen molar-refractivity contribution in [3.8, 4) is 0 Å². The molecule has 1 saturated heterocycles. The zero-order valence-electron chi connectivity index (χ0n) is 9.99. The van der Waals surface area contributed by atoms with Crippen molar-refractivity contribution in [3.63, 3.8) is 0 Å². The van der Waals surface area contributed by atoms with Crippen molar-refractivity contribution in [2.45, 2.75) is 32.2 Å². The van der Waals surface area contributed by atoms with E-state index in [1.165, 1.54) is 0 Å². The monoisotopic (exact) mass is 228 g/mol. The van der Waals surface area contributed by atoms with E-state index in [-0.39, 0.29) is 17.9 Å². The number of nitrogens with one attached hydrogen (secondary N) is 1. The minimum Gasteiger partial charge on any atom is -0.466 e. The molecule has 1 aliphatic heterocycles. The van der Waals surface area contributed by atoms with Crippen LogP contribution in [0.2, 0.25) is 0 Å². The average Bonchev–Trinajstić information content (AvgIpc) is 2.66. The minimum atomic E-state index is -0.170. The van der Waals surface area contributed by atoms with Crippen LogP contribution >= 0.6 is 0 Å². The molecule has 1 fully saturated rings. The number of carbonyl (C=O) groups is 2. The maximum Gasteiger partial charge on any atom is 0.307 e. The fourth-order valence-corrected chi connectivity index (χ4v) is 2.01. The van der Waals surface area contributed by atoms with Crippen LogP contribution in [0.3, 0.4) is 0 Å². The van der Waals surface area contributed by atoms with Crippen LogP contribution in [0.1, 0.15) is 26.2 Å². The van der Waals surface area contributed by atoms with Gasteiger partial charge in [0.05, 0.1) is 19.6 Å². The number of likely N-dealkylation sites (tertiary alicyclic amines) is 1. The van der Waals surface area contributed by atoms with Gasteiger partial charge in [-0.2, -0.15) is 0 Å². The molecule has 0 aromatic rings. The summed E-state index contributed by atoms with van der Waals surface area (Å²) in [5.41, 5.74) is 0. The standard InChI is InChI=1S/C11H20N2O3/c1-3-16-11(15)7-9-5-4-6-13(9)8-10(14)12-2/h9H,3-8H2,1-2H3,(H,12,14). The van der Waals surface area contributed by atoms with Gasteiger partial charge in [-0.05, 0) is 26.3 Å². The Hall–Kier alpha value is -1.10. The van der Waals surface area contributed by atoms with Crippen molar-refractivity contribution >= 4 is 11.9 Å². The van der Waals surface area contributed by atoms with Gasteiger partial charge in [0.2, 0.25) is 5.91 Å². The summed E-state index contributed by atoms with van der Waals surface area (Å²) in [5, 5.41) is 2.59. The van der Waals surface area contributed by atoms with E-state index in [9.17, 15) is 9.59 Å². The van der Waals surface area contributed by atoms with Gasteiger partial charge in [-0.25, -0.2) is 0 Å². The van der Waals surface area contributed by atoms with E-state index in [0.717, 1.165) is 19.4 Å². The molecule has 1 aliphatic rings. The van der Waals surface area contributed by atoms with E-state index >= 15 is 0 Å². The lowest BCUT2D eigenvalue weighted by Gasteiger charge is -2.22. The SMILES string of the molecule is CCOC(=O)CC1CCCN1CC(=O)NC. The summed E-state index contributed by atoms with van der Waals surface area (Å²) in [6.45, 7) is 3.48. The molecule has 1 N–H and O–H groups in total. The fraction of sp³-hybridized carbons (Fsp3) is 0.818. The summed E-state index contributed by atoms with van der Waals surface area (Å²) in [7, 11) is 1.62. The number of hydrogen-bond donors (Lipinski definition) is 1. The number of ether oxygens (including phenoxy) is 1. The highest BCUT2D eigenvalue weighted by Crippen LogP contribution is 2.19. The quantitative estimate of drug-likeness (QED) is 0.680. The molecular weight excluding hydrogens is 208 g/mol. The Balaban J connectivity index is 2.39. The van der Waals surface area contributed by atoms with Gasteiger partial charge in [0.15, 0.2) is 0 Å². The van der Waals surface area contributed by atoms with Gasteiger partial charge >= 0.3 is 5.97 Å². The second kappa shape index (κ2) is 6.48. The highest BCUT2D eigenvalue weighted by molar-refractivity contribution is 5.78. The molecule has 5 nitrogen and oxygen atoms in total. The predicted octanol–water partition coefficient (Wildman–Crippen LogP) is 0.150. The smallest absolute Gasteiger partial charge is 0.307 e. The van der Waals surface area contributed by atoms with Crippen LogP contribution in [-0.2, 0) is 14.3 Å².